The Morgan fingerprint density at radius 1 is 0.438 bits per heavy atom. The summed E-state index contributed by atoms with van der Waals surface area (Å²) >= 11 is 0. The first kappa shape index (κ1) is 84.3. The van der Waals surface area contributed by atoms with E-state index in [0.29, 0.717) is 61.4 Å². The Bertz CT molecular complexity index is 6930. The number of imidazole rings is 2. The van der Waals surface area contributed by atoms with E-state index in [1.165, 1.54) is 61.5 Å². The van der Waals surface area contributed by atoms with Crippen LogP contribution in [0.5, 0.6) is 0 Å². The van der Waals surface area contributed by atoms with Gasteiger partial charge in [-0.3, -0.25) is 24.1 Å². The summed E-state index contributed by atoms with van der Waals surface area (Å²) in [7, 11) is -6.52. The van der Waals surface area contributed by atoms with Gasteiger partial charge in [0, 0.05) is 118 Å². The Labute approximate surface area is 806 Å². The van der Waals surface area contributed by atoms with Crippen LogP contribution in [0.15, 0.2) is 270 Å². The van der Waals surface area contributed by atoms with Crippen LogP contribution in [0.25, 0.3) is 145 Å². The van der Waals surface area contributed by atoms with Crippen molar-refractivity contribution in [1.29, 1.82) is 0 Å². The van der Waals surface area contributed by atoms with Crippen LogP contribution in [0.4, 0.5) is 13.2 Å². The third kappa shape index (κ3) is 22.5. The minimum atomic E-state index is -5.84. The molecule has 0 bridgehead atoms. The van der Waals surface area contributed by atoms with Crippen molar-refractivity contribution in [3.05, 3.63) is 324 Å². The summed E-state index contributed by atoms with van der Waals surface area (Å²) in [5.41, 5.74) is 17.3. The zero-order chi connectivity index (χ0) is 102. The van der Waals surface area contributed by atoms with Crippen molar-refractivity contribution in [3.63, 3.8) is 0 Å². The number of alkyl halides is 3. The number of nitrogens with zero attached hydrogens (tertiary/aromatic N) is 8. The zero-order valence-corrected chi connectivity index (χ0v) is 82.5. The van der Waals surface area contributed by atoms with Crippen molar-refractivity contribution in [2.45, 2.75) is 151 Å². The summed E-state index contributed by atoms with van der Waals surface area (Å²) in [6, 6.07) is 81.5. The number of benzene rings is 10. The fourth-order valence-corrected chi connectivity index (χ4v) is 17.1. The molecule has 18 rings (SSSR count). The number of para-hydroxylation sites is 2. The molecule has 0 aliphatic heterocycles. The molecule has 15 nitrogen and oxygen atoms in total. The van der Waals surface area contributed by atoms with Crippen LogP contribution in [-0.4, -0.2) is 98.1 Å². The van der Waals surface area contributed by atoms with E-state index in [1.807, 2.05) is 116 Å². The number of rotatable bonds is 14. The first-order chi connectivity index (χ1) is 65.9. The summed E-state index contributed by atoms with van der Waals surface area (Å²) in [4.78, 5) is 28.3. The second-order valence-electron chi connectivity index (χ2n) is 33.7. The average Bonchev–Trinajstić information content (AvgIpc) is 1.56. The number of aliphatic hydroxyl groups is 2. The van der Waals surface area contributed by atoms with Gasteiger partial charge in [-0.15, -0.1) is 88.5 Å². The molecule has 676 valence electrons. The van der Waals surface area contributed by atoms with Crippen LogP contribution < -0.4 is 10.4 Å². The van der Waals surface area contributed by atoms with E-state index in [-0.39, 0.29) is 75.0 Å². The predicted octanol–water partition coefficient (Wildman–Crippen LogP) is 26.6. The molecule has 3 N–H and O–H groups in total. The second kappa shape index (κ2) is 43.2. The number of hydrogen-bond acceptors (Lipinski definition) is 12. The van der Waals surface area contributed by atoms with Gasteiger partial charge in [0.1, 0.15) is 22.6 Å². The molecular formula is C107H110F3Ir2N8O7SSi2-3. The molecule has 0 aliphatic carbocycles. The summed E-state index contributed by atoms with van der Waals surface area (Å²) < 4.78 is 169. The smallest absolute Gasteiger partial charge is 0.501 e. The Morgan fingerprint density at radius 3 is 1.20 bits per heavy atom. The normalized spacial score (nSPS) is 13.3. The van der Waals surface area contributed by atoms with Crippen LogP contribution in [0.2, 0.25) is 39.3 Å². The third-order valence-corrected chi connectivity index (χ3v) is 26.2. The molecule has 0 saturated heterocycles. The average molecular weight is 2160 g/mol. The molecule has 0 aliphatic rings. The van der Waals surface area contributed by atoms with Gasteiger partial charge in [-0.1, -0.05) is 254 Å². The quantitative estimate of drug-likeness (QED) is 0.0401. The molecule has 0 fully saturated rings. The van der Waals surface area contributed by atoms with E-state index < -0.39 is 59.2 Å². The van der Waals surface area contributed by atoms with Crippen LogP contribution in [0, 0.1) is 45.6 Å². The van der Waals surface area contributed by atoms with E-state index in [0.717, 1.165) is 92.1 Å². The third-order valence-electron chi connectivity index (χ3n) is 21.6. The first-order valence-electron chi connectivity index (χ1n) is 47.7. The predicted molar refractivity (Wildman–Crippen MR) is 525 cm³/mol. The van der Waals surface area contributed by atoms with Gasteiger partial charge >= 0.3 is 15.6 Å². The fraction of sp³-hybridized carbons (Fsp3) is 0.234. The molecule has 130 heavy (non-hydrogen) atoms. The Kier molecular flexibility index (Phi) is 28.0. The van der Waals surface area contributed by atoms with Gasteiger partial charge < -0.3 is 33.6 Å². The van der Waals surface area contributed by atoms with E-state index >= 15 is 0 Å². The van der Waals surface area contributed by atoms with Gasteiger partial charge in [0.2, 0.25) is 0 Å². The maximum atomic E-state index is 10.7. The van der Waals surface area contributed by atoms with Crippen LogP contribution in [0.3, 0.4) is 0 Å². The largest absolute Gasteiger partial charge is 0.522 e. The Morgan fingerprint density at radius 2 is 0.831 bits per heavy atom. The summed E-state index contributed by atoms with van der Waals surface area (Å²) in [5.74, 6) is 2.12. The molecule has 8 heterocycles. The van der Waals surface area contributed by atoms with Crippen molar-refractivity contribution in [2.75, 3.05) is 14.2 Å². The molecule has 8 aromatic heterocycles. The van der Waals surface area contributed by atoms with Gasteiger partial charge in [0.15, 0.2) is 0 Å². The first-order valence-corrected chi connectivity index (χ1v) is 50.2. The molecule has 18 aromatic rings. The molecule has 0 amide bonds. The Hall–Kier alpha value is -11.3. The van der Waals surface area contributed by atoms with Crippen molar-refractivity contribution in [3.8, 4) is 78.9 Å². The van der Waals surface area contributed by atoms with Crippen LogP contribution >= 0.6 is 0 Å². The molecule has 23 heteroatoms. The number of pyridine rings is 4. The maximum absolute atomic E-state index is 10.7. The molecule has 10 aromatic carbocycles. The van der Waals surface area contributed by atoms with E-state index in [1.54, 1.807) is 48.8 Å². The van der Waals surface area contributed by atoms with Crippen molar-refractivity contribution in [2.24, 2.45) is 0 Å². The molecule has 0 spiro atoms. The minimum absolute atomic E-state index is 0. The van der Waals surface area contributed by atoms with Crippen molar-refractivity contribution in [1.82, 2.24) is 39.0 Å². The fourth-order valence-electron chi connectivity index (χ4n) is 15.0. The number of aromatic nitrogens is 8. The number of furan rings is 2. The maximum Gasteiger partial charge on any atom is 0.522 e. The summed E-state index contributed by atoms with van der Waals surface area (Å²) in [6.07, 6.45) is 11.0. The van der Waals surface area contributed by atoms with Gasteiger partial charge in [-0.25, -0.2) is 4.98 Å². The van der Waals surface area contributed by atoms with E-state index in [4.69, 9.17) is 58.4 Å². The van der Waals surface area contributed by atoms with Gasteiger partial charge in [0.05, 0.1) is 73.3 Å². The number of halogens is 3. The van der Waals surface area contributed by atoms with Crippen LogP contribution in [0.1, 0.15) is 140 Å². The van der Waals surface area contributed by atoms with E-state index in [9.17, 15) is 13.2 Å². The minimum Gasteiger partial charge on any atom is -0.501 e. The topological polar surface area (TPSA) is 208 Å². The number of aryl methyl sites for hydroxylation is 4. The molecule has 0 unspecified atom stereocenters. The SMILES string of the molecule is CO.CO.O=S(=O)(O)C(F)(F)F.[2H]C([2H])([2H])c1c[c-]c(-c2ccc([Si](C)(C)C)cn2)cc1.[2H]C([2H])([2H])c1c[c-]c(-c2ccc([Si](C)(C)C)cn2)cc1.[2H]C([2H])([2H])c1c[c-]c(-c2nc3ccncc3n2-c2c(C(C)C)cc(-c3ccccc3)cc2C(C)C)c2oc3ccccc3c12.[2H]C([2H])([2H])c1ccc(-c2nc3ccncc3n2-c2c(C(C)C)cc(-c3ccccc3)cc2C(C)C)c2oc3ccccc3c12.[Ir].[Ir]. The zero-order valence-electron chi connectivity index (χ0n) is 86.9. The Balaban J connectivity index is 0.000000196. The summed E-state index contributed by atoms with van der Waals surface area (Å²) in [5, 5.41) is 19.3. The standard InChI is InChI=1S/C37H33N3O.C37H32N3O.2C15H18NSi.CHF3O3S.2CH4O.2Ir/c2*1-22(2)29-19-26(25-11-7-6-8-12-25)20-30(23(3)4)35(29)40-32-21-38-18-17-31(32)39-37(40)28-16-15-24(5)34-27-13-9-10-14-33(27)41-36(28)34;2*1-12-5-7-13(8-6-12)15-10-9-14(11-16-15)17(2,3)4;2-1(3,4)8(5,6)7;2*1-2;;/h6-23H,1-5H3;6-15,17-23H,1-5H3;2*5-7,9-11H,1-4H3;(H,5,6,7);2*2H,1H3;;/q;3*-1;;;;;/i2*5D3;2*1D3;;;;;. The van der Waals surface area contributed by atoms with E-state index in [2.05, 4.69) is 227 Å². The number of fused-ring (bicyclic) bond motifs is 8. The summed E-state index contributed by atoms with van der Waals surface area (Å²) in [6.45, 7) is 22.6. The van der Waals surface area contributed by atoms with Gasteiger partial charge in [-0.2, -0.15) is 21.6 Å². The second-order valence-corrected chi connectivity index (χ2v) is 45.3. The number of aliphatic hydroxyl groups excluding tert-OH is 2. The van der Waals surface area contributed by atoms with Crippen molar-refractivity contribution < 1.29 is 102 Å². The molecule has 0 atom stereocenters. The van der Waals surface area contributed by atoms with Crippen LogP contribution in [-0.2, 0) is 50.3 Å². The molecular weight excluding hydrogens is 2040 g/mol. The van der Waals surface area contributed by atoms with Gasteiger partial charge in [-0.05, 0) is 157 Å². The molecule has 0 saturated carbocycles. The van der Waals surface area contributed by atoms with Crippen molar-refractivity contribution >= 4 is 103 Å². The monoisotopic (exact) mass is 2160 g/mol. The molecule has 2 radical (unpaired) electrons. The number of hydrogen-bond donors (Lipinski definition) is 3. The van der Waals surface area contributed by atoms with Gasteiger partial charge in [0.25, 0.3) is 0 Å².